The van der Waals surface area contributed by atoms with Crippen LogP contribution in [-0.2, 0) is 6.54 Å². The lowest BCUT2D eigenvalue weighted by molar-refractivity contribution is 0.270. The van der Waals surface area contributed by atoms with Gasteiger partial charge in [0.15, 0.2) is 0 Å². The maximum Gasteiger partial charge on any atom is 0.146 e. The SMILES string of the molecule is CCNCc1ccc(N2CCN(CC)CC2)c(F)c1. The summed E-state index contributed by atoms with van der Waals surface area (Å²) in [7, 11) is 0. The number of likely N-dealkylation sites (N-methyl/N-ethyl adjacent to an activating group) is 1. The van der Waals surface area contributed by atoms with Crippen molar-refractivity contribution >= 4 is 5.69 Å². The summed E-state index contributed by atoms with van der Waals surface area (Å²) in [6, 6.07) is 5.60. The molecule has 1 heterocycles. The Morgan fingerprint density at radius 3 is 2.47 bits per heavy atom. The summed E-state index contributed by atoms with van der Waals surface area (Å²) in [4.78, 5) is 4.55. The molecule has 0 amide bonds. The molecule has 0 bridgehead atoms. The maximum absolute atomic E-state index is 14.2. The average Bonchev–Trinajstić information content (AvgIpc) is 2.45. The van der Waals surface area contributed by atoms with Gasteiger partial charge in [0.2, 0.25) is 0 Å². The number of nitrogens with one attached hydrogen (secondary N) is 1. The summed E-state index contributed by atoms with van der Waals surface area (Å²) in [5.74, 6) is -0.0969. The molecule has 0 atom stereocenters. The van der Waals surface area contributed by atoms with E-state index in [4.69, 9.17) is 0 Å². The van der Waals surface area contributed by atoms with Crippen molar-refractivity contribution in [3.8, 4) is 0 Å². The van der Waals surface area contributed by atoms with Gasteiger partial charge in [0.1, 0.15) is 5.82 Å². The third kappa shape index (κ3) is 3.67. The lowest BCUT2D eigenvalue weighted by Gasteiger charge is -2.35. The van der Waals surface area contributed by atoms with Crippen molar-refractivity contribution in [3.63, 3.8) is 0 Å². The second-order valence-electron chi connectivity index (χ2n) is 4.99. The number of hydrogen-bond acceptors (Lipinski definition) is 3. The van der Waals surface area contributed by atoms with Gasteiger partial charge in [-0.1, -0.05) is 19.9 Å². The molecule has 0 radical (unpaired) electrons. The van der Waals surface area contributed by atoms with E-state index in [9.17, 15) is 4.39 Å². The zero-order valence-corrected chi connectivity index (χ0v) is 12.0. The maximum atomic E-state index is 14.2. The van der Waals surface area contributed by atoms with E-state index in [0.717, 1.165) is 57.1 Å². The molecule has 1 fully saturated rings. The van der Waals surface area contributed by atoms with E-state index >= 15 is 0 Å². The lowest BCUT2D eigenvalue weighted by atomic mass is 10.1. The number of piperazine rings is 1. The van der Waals surface area contributed by atoms with Crippen LogP contribution >= 0.6 is 0 Å². The van der Waals surface area contributed by atoms with Crippen molar-refractivity contribution in [2.24, 2.45) is 0 Å². The van der Waals surface area contributed by atoms with Gasteiger partial charge in [-0.2, -0.15) is 0 Å². The summed E-state index contributed by atoms with van der Waals surface area (Å²) in [5, 5.41) is 3.22. The Morgan fingerprint density at radius 1 is 1.16 bits per heavy atom. The molecule has 1 saturated heterocycles. The number of nitrogens with zero attached hydrogens (tertiary/aromatic N) is 2. The van der Waals surface area contributed by atoms with Gasteiger partial charge in [0, 0.05) is 32.7 Å². The number of benzene rings is 1. The minimum Gasteiger partial charge on any atom is -0.367 e. The first-order chi connectivity index (χ1) is 9.24. The summed E-state index contributed by atoms with van der Waals surface area (Å²) in [6.07, 6.45) is 0. The Balaban J connectivity index is 2.01. The fourth-order valence-corrected chi connectivity index (χ4v) is 2.49. The summed E-state index contributed by atoms with van der Waals surface area (Å²) < 4.78 is 14.2. The van der Waals surface area contributed by atoms with Gasteiger partial charge in [-0.15, -0.1) is 0 Å². The quantitative estimate of drug-likeness (QED) is 0.879. The summed E-state index contributed by atoms with van der Waals surface area (Å²) in [6.45, 7) is 10.8. The fourth-order valence-electron chi connectivity index (χ4n) is 2.49. The Bertz CT molecular complexity index is 400. The van der Waals surface area contributed by atoms with Crippen LogP contribution in [0.25, 0.3) is 0 Å². The smallest absolute Gasteiger partial charge is 0.146 e. The molecule has 106 valence electrons. The van der Waals surface area contributed by atoms with Crippen LogP contribution in [0.1, 0.15) is 19.4 Å². The highest BCUT2D eigenvalue weighted by atomic mass is 19.1. The van der Waals surface area contributed by atoms with Gasteiger partial charge in [0.25, 0.3) is 0 Å². The normalized spacial score (nSPS) is 16.9. The fraction of sp³-hybridized carbons (Fsp3) is 0.600. The highest BCUT2D eigenvalue weighted by Crippen LogP contribution is 2.22. The van der Waals surface area contributed by atoms with Crippen molar-refractivity contribution in [1.82, 2.24) is 10.2 Å². The summed E-state index contributed by atoms with van der Waals surface area (Å²) in [5.41, 5.74) is 1.76. The van der Waals surface area contributed by atoms with Crippen molar-refractivity contribution in [2.45, 2.75) is 20.4 Å². The van der Waals surface area contributed by atoms with Crippen molar-refractivity contribution in [2.75, 3.05) is 44.2 Å². The standard InChI is InChI=1S/C15H24FN3/c1-3-17-12-13-5-6-15(14(16)11-13)19-9-7-18(4-2)8-10-19/h5-6,11,17H,3-4,7-10,12H2,1-2H3. The van der Waals surface area contributed by atoms with Crippen LogP contribution in [0.3, 0.4) is 0 Å². The second kappa shape index (κ2) is 6.87. The third-order valence-electron chi connectivity index (χ3n) is 3.75. The first kappa shape index (κ1) is 14.3. The lowest BCUT2D eigenvalue weighted by Crippen LogP contribution is -2.46. The molecule has 0 saturated carbocycles. The topological polar surface area (TPSA) is 18.5 Å². The Morgan fingerprint density at radius 2 is 1.89 bits per heavy atom. The Kier molecular flexibility index (Phi) is 5.16. The molecule has 0 aliphatic carbocycles. The van der Waals surface area contributed by atoms with E-state index in [0.29, 0.717) is 0 Å². The van der Waals surface area contributed by atoms with Gasteiger partial charge < -0.3 is 15.1 Å². The number of halogens is 1. The van der Waals surface area contributed by atoms with Gasteiger partial charge in [-0.3, -0.25) is 0 Å². The highest BCUT2D eigenvalue weighted by molar-refractivity contribution is 5.49. The average molecular weight is 265 g/mol. The number of anilines is 1. The van der Waals surface area contributed by atoms with Crippen LogP contribution < -0.4 is 10.2 Å². The molecule has 0 unspecified atom stereocenters. The van der Waals surface area contributed by atoms with Crippen molar-refractivity contribution in [3.05, 3.63) is 29.6 Å². The van der Waals surface area contributed by atoms with Gasteiger partial charge >= 0.3 is 0 Å². The first-order valence-corrected chi connectivity index (χ1v) is 7.21. The molecular formula is C15H24FN3. The Hall–Kier alpha value is -1.13. The predicted octanol–water partition coefficient (Wildman–Crippen LogP) is 2.08. The zero-order chi connectivity index (χ0) is 13.7. The molecule has 1 aromatic carbocycles. The van der Waals surface area contributed by atoms with Gasteiger partial charge in [-0.25, -0.2) is 4.39 Å². The molecule has 19 heavy (non-hydrogen) atoms. The monoisotopic (exact) mass is 265 g/mol. The predicted molar refractivity (Wildman–Crippen MR) is 78.1 cm³/mol. The largest absolute Gasteiger partial charge is 0.367 e. The minimum atomic E-state index is -0.0969. The second-order valence-corrected chi connectivity index (χ2v) is 4.99. The van der Waals surface area contributed by atoms with Gasteiger partial charge in [0.05, 0.1) is 5.69 Å². The summed E-state index contributed by atoms with van der Waals surface area (Å²) >= 11 is 0. The zero-order valence-electron chi connectivity index (χ0n) is 12.0. The molecule has 1 aromatic rings. The number of rotatable bonds is 5. The minimum absolute atomic E-state index is 0.0969. The van der Waals surface area contributed by atoms with Crippen LogP contribution in [0.4, 0.5) is 10.1 Å². The molecular weight excluding hydrogens is 241 g/mol. The van der Waals surface area contributed by atoms with E-state index in [1.54, 1.807) is 6.07 Å². The molecule has 0 aromatic heterocycles. The van der Waals surface area contributed by atoms with E-state index in [-0.39, 0.29) is 5.82 Å². The van der Waals surface area contributed by atoms with Crippen molar-refractivity contribution < 1.29 is 4.39 Å². The number of hydrogen-bond donors (Lipinski definition) is 1. The molecule has 4 heteroatoms. The van der Waals surface area contributed by atoms with Crippen LogP contribution in [0.5, 0.6) is 0 Å². The van der Waals surface area contributed by atoms with E-state index in [1.807, 2.05) is 12.1 Å². The van der Waals surface area contributed by atoms with E-state index in [1.165, 1.54) is 0 Å². The first-order valence-electron chi connectivity index (χ1n) is 7.21. The molecule has 1 N–H and O–H groups in total. The highest BCUT2D eigenvalue weighted by Gasteiger charge is 2.18. The van der Waals surface area contributed by atoms with Gasteiger partial charge in [-0.05, 0) is 30.8 Å². The molecule has 2 rings (SSSR count). The third-order valence-corrected chi connectivity index (χ3v) is 3.75. The molecule has 1 aliphatic heterocycles. The van der Waals surface area contributed by atoms with E-state index in [2.05, 4.69) is 29.0 Å². The van der Waals surface area contributed by atoms with E-state index < -0.39 is 0 Å². The van der Waals surface area contributed by atoms with Crippen LogP contribution in [0.2, 0.25) is 0 Å². The van der Waals surface area contributed by atoms with Crippen LogP contribution in [0, 0.1) is 5.82 Å². The molecule has 3 nitrogen and oxygen atoms in total. The van der Waals surface area contributed by atoms with Crippen molar-refractivity contribution in [1.29, 1.82) is 0 Å². The van der Waals surface area contributed by atoms with Crippen LogP contribution in [0.15, 0.2) is 18.2 Å². The molecule has 0 spiro atoms. The Labute approximate surface area is 115 Å². The molecule has 1 aliphatic rings. The van der Waals surface area contributed by atoms with Crippen LogP contribution in [-0.4, -0.2) is 44.2 Å².